The van der Waals surface area contributed by atoms with E-state index in [0.29, 0.717) is 24.9 Å². The van der Waals surface area contributed by atoms with Crippen LogP contribution < -0.4 is 15.4 Å². The summed E-state index contributed by atoms with van der Waals surface area (Å²) in [6.07, 6.45) is 0.802. The lowest BCUT2D eigenvalue weighted by Crippen LogP contribution is -2.42. The summed E-state index contributed by atoms with van der Waals surface area (Å²) in [5.41, 5.74) is 0. The van der Waals surface area contributed by atoms with Gasteiger partial charge in [-0.1, -0.05) is 6.07 Å². The molecular formula is C15H25FIN3O2. The molecule has 126 valence electrons. The van der Waals surface area contributed by atoms with E-state index in [4.69, 9.17) is 9.47 Å². The third-order valence-corrected chi connectivity index (χ3v) is 2.73. The molecule has 5 nitrogen and oxygen atoms in total. The van der Waals surface area contributed by atoms with Crippen molar-refractivity contribution in [2.45, 2.75) is 19.4 Å². The Morgan fingerprint density at radius 2 is 2.14 bits per heavy atom. The van der Waals surface area contributed by atoms with Gasteiger partial charge < -0.3 is 20.1 Å². The van der Waals surface area contributed by atoms with E-state index in [2.05, 4.69) is 15.6 Å². The van der Waals surface area contributed by atoms with Gasteiger partial charge in [-0.25, -0.2) is 4.39 Å². The first-order valence-electron chi connectivity index (χ1n) is 7.01. The molecule has 0 aliphatic carbocycles. The van der Waals surface area contributed by atoms with Crippen molar-refractivity contribution in [2.24, 2.45) is 4.99 Å². The number of benzene rings is 1. The van der Waals surface area contributed by atoms with Crippen molar-refractivity contribution in [3.05, 3.63) is 30.1 Å². The number of rotatable bonds is 8. The minimum absolute atomic E-state index is 0. The Balaban J connectivity index is 0.00000441. The van der Waals surface area contributed by atoms with E-state index >= 15 is 0 Å². The number of hydrogen-bond donors (Lipinski definition) is 2. The minimum atomic E-state index is -0.303. The maximum absolute atomic E-state index is 13.1. The summed E-state index contributed by atoms with van der Waals surface area (Å²) in [4.78, 5) is 4.12. The molecule has 0 saturated carbocycles. The first kappa shape index (κ1) is 20.9. The molecule has 0 aromatic heterocycles. The van der Waals surface area contributed by atoms with Crippen molar-refractivity contribution < 1.29 is 13.9 Å². The molecule has 0 fully saturated rings. The average Bonchev–Trinajstić information content (AvgIpc) is 2.46. The third kappa shape index (κ3) is 9.04. The minimum Gasteiger partial charge on any atom is -0.489 e. The predicted molar refractivity (Wildman–Crippen MR) is 97.8 cm³/mol. The van der Waals surface area contributed by atoms with Crippen LogP contribution in [0, 0.1) is 5.82 Å². The van der Waals surface area contributed by atoms with Crippen molar-refractivity contribution in [3.8, 4) is 5.75 Å². The summed E-state index contributed by atoms with van der Waals surface area (Å²) in [7, 11) is 3.39. The molecule has 0 saturated heterocycles. The molecule has 1 unspecified atom stereocenters. The largest absolute Gasteiger partial charge is 0.489 e. The van der Waals surface area contributed by atoms with Crippen LogP contribution in [0.5, 0.6) is 5.75 Å². The van der Waals surface area contributed by atoms with Crippen molar-refractivity contribution in [1.29, 1.82) is 0 Å². The molecule has 1 aromatic carbocycles. The fraction of sp³-hybridized carbons (Fsp3) is 0.533. The lowest BCUT2D eigenvalue weighted by Gasteiger charge is -2.17. The van der Waals surface area contributed by atoms with Gasteiger partial charge in [0, 0.05) is 33.4 Å². The number of hydrogen-bond acceptors (Lipinski definition) is 3. The summed E-state index contributed by atoms with van der Waals surface area (Å²) in [5, 5.41) is 6.34. The number of methoxy groups -OCH3 is 1. The van der Waals surface area contributed by atoms with Crippen LogP contribution in [0.4, 0.5) is 4.39 Å². The van der Waals surface area contributed by atoms with Gasteiger partial charge in [-0.2, -0.15) is 0 Å². The number of guanidine groups is 1. The number of halogens is 2. The van der Waals surface area contributed by atoms with Crippen LogP contribution in [0.3, 0.4) is 0 Å². The third-order valence-electron chi connectivity index (χ3n) is 2.73. The van der Waals surface area contributed by atoms with E-state index in [1.807, 2.05) is 6.92 Å². The maximum atomic E-state index is 13.1. The van der Waals surface area contributed by atoms with Crippen LogP contribution in [-0.2, 0) is 4.74 Å². The van der Waals surface area contributed by atoms with Gasteiger partial charge in [0.1, 0.15) is 17.7 Å². The van der Waals surface area contributed by atoms with Crippen molar-refractivity contribution in [1.82, 2.24) is 10.6 Å². The zero-order valence-electron chi connectivity index (χ0n) is 13.3. The zero-order chi connectivity index (χ0) is 15.5. The fourth-order valence-corrected chi connectivity index (χ4v) is 1.70. The second-order valence-electron chi connectivity index (χ2n) is 4.61. The highest BCUT2D eigenvalue weighted by atomic mass is 127. The predicted octanol–water partition coefficient (Wildman–Crippen LogP) is 2.41. The number of aliphatic imine (C=N–C) groups is 1. The number of nitrogens with one attached hydrogen (secondary N) is 2. The molecule has 0 heterocycles. The Morgan fingerprint density at radius 3 is 2.77 bits per heavy atom. The van der Waals surface area contributed by atoms with Crippen LogP contribution >= 0.6 is 24.0 Å². The highest BCUT2D eigenvalue weighted by molar-refractivity contribution is 14.0. The summed E-state index contributed by atoms with van der Waals surface area (Å²) in [6, 6.07) is 6.12. The number of ether oxygens (including phenoxy) is 2. The van der Waals surface area contributed by atoms with Gasteiger partial charge in [0.25, 0.3) is 0 Å². The van der Waals surface area contributed by atoms with Gasteiger partial charge in [-0.05, 0) is 25.5 Å². The van der Waals surface area contributed by atoms with Gasteiger partial charge >= 0.3 is 0 Å². The van der Waals surface area contributed by atoms with E-state index in [0.717, 1.165) is 13.0 Å². The Labute approximate surface area is 148 Å². The second-order valence-corrected chi connectivity index (χ2v) is 4.61. The van der Waals surface area contributed by atoms with Gasteiger partial charge in [0.15, 0.2) is 5.96 Å². The Morgan fingerprint density at radius 1 is 1.36 bits per heavy atom. The van der Waals surface area contributed by atoms with Crippen LogP contribution in [-0.4, -0.2) is 45.9 Å². The molecule has 0 aliphatic rings. The van der Waals surface area contributed by atoms with E-state index in [1.165, 1.54) is 12.1 Å². The molecule has 1 atom stereocenters. The second kappa shape index (κ2) is 12.5. The SMILES string of the molecule is CN=C(NCCCOC)NCC(C)Oc1cccc(F)c1.I. The van der Waals surface area contributed by atoms with Gasteiger partial charge in [0.2, 0.25) is 0 Å². The standard InChI is InChI=1S/C15H24FN3O2.HI/c1-12(21-14-7-4-6-13(16)10-14)11-19-15(17-2)18-8-5-9-20-3;/h4,6-7,10,12H,5,8-9,11H2,1-3H3,(H2,17,18,19);1H. The van der Waals surface area contributed by atoms with Crippen molar-refractivity contribution >= 4 is 29.9 Å². The van der Waals surface area contributed by atoms with E-state index in [-0.39, 0.29) is 35.9 Å². The summed E-state index contributed by atoms with van der Waals surface area (Å²) < 4.78 is 23.7. The van der Waals surface area contributed by atoms with E-state index < -0.39 is 0 Å². The highest BCUT2D eigenvalue weighted by Crippen LogP contribution is 2.13. The average molecular weight is 425 g/mol. The number of nitrogens with zero attached hydrogens (tertiary/aromatic N) is 1. The first-order valence-corrected chi connectivity index (χ1v) is 7.01. The fourth-order valence-electron chi connectivity index (χ4n) is 1.70. The smallest absolute Gasteiger partial charge is 0.191 e. The van der Waals surface area contributed by atoms with Crippen LogP contribution in [0.15, 0.2) is 29.3 Å². The van der Waals surface area contributed by atoms with Crippen LogP contribution in [0.25, 0.3) is 0 Å². The van der Waals surface area contributed by atoms with Gasteiger partial charge in [-0.3, -0.25) is 4.99 Å². The quantitative estimate of drug-likeness (QED) is 0.291. The molecule has 0 radical (unpaired) electrons. The molecule has 1 rings (SSSR count). The topological polar surface area (TPSA) is 54.9 Å². The molecular weight excluding hydrogens is 400 g/mol. The maximum Gasteiger partial charge on any atom is 0.191 e. The van der Waals surface area contributed by atoms with E-state index in [9.17, 15) is 4.39 Å². The Kier molecular flexibility index (Phi) is 11.8. The van der Waals surface area contributed by atoms with Gasteiger partial charge in [0.05, 0.1) is 6.54 Å². The molecule has 0 amide bonds. The first-order chi connectivity index (χ1) is 10.2. The molecule has 1 aromatic rings. The Hall–Kier alpha value is -1.09. The zero-order valence-corrected chi connectivity index (χ0v) is 15.6. The molecule has 7 heteroatoms. The highest BCUT2D eigenvalue weighted by Gasteiger charge is 2.06. The summed E-state index contributed by atoms with van der Waals surface area (Å²) in [5.74, 6) is 0.927. The van der Waals surface area contributed by atoms with Crippen LogP contribution in [0.2, 0.25) is 0 Å². The van der Waals surface area contributed by atoms with Crippen molar-refractivity contribution in [2.75, 3.05) is 33.9 Å². The van der Waals surface area contributed by atoms with Gasteiger partial charge in [-0.15, -0.1) is 24.0 Å². The lowest BCUT2D eigenvalue weighted by atomic mass is 10.3. The Bertz CT molecular complexity index is 447. The molecule has 22 heavy (non-hydrogen) atoms. The van der Waals surface area contributed by atoms with E-state index in [1.54, 1.807) is 26.3 Å². The summed E-state index contributed by atoms with van der Waals surface area (Å²) in [6.45, 7) is 3.98. The molecule has 0 aliphatic heterocycles. The normalized spacial score (nSPS) is 12.3. The molecule has 2 N–H and O–H groups in total. The molecule has 0 bridgehead atoms. The monoisotopic (exact) mass is 425 g/mol. The lowest BCUT2D eigenvalue weighted by molar-refractivity contribution is 0.195. The summed E-state index contributed by atoms with van der Waals surface area (Å²) >= 11 is 0. The van der Waals surface area contributed by atoms with Crippen molar-refractivity contribution in [3.63, 3.8) is 0 Å². The molecule has 0 spiro atoms. The van der Waals surface area contributed by atoms with Crippen LogP contribution in [0.1, 0.15) is 13.3 Å².